The van der Waals surface area contributed by atoms with Gasteiger partial charge >= 0.3 is 0 Å². The quantitative estimate of drug-likeness (QED) is 0.824. The molecule has 2 aromatic rings. The van der Waals surface area contributed by atoms with Crippen LogP contribution in [0.4, 0.5) is 15.8 Å². The lowest BCUT2D eigenvalue weighted by atomic mass is 10.1. The molecule has 3 N–H and O–H groups in total. The van der Waals surface area contributed by atoms with Gasteiger partial charge in [-0.1, -0.05) is 17.7 Å². The summed E-state index contributed by atoms with van der Waals surface area (Å²) in [5, 5.41) is 2.97. The minimum absolute atomic E-state index is 0.0457. The average molecular weight is 279 g/mol. The fraction of sp³-hybridized carbons (Fsp3) is 0.0714. The summed E-state index contributed by atoms with van der Waals surface area (Å²) < 4.78 is 13.5. The van der Waals surface area contributed by atoms with Crippen molar-refractivity contribution >= 4 is 28.9 Å². The normalized spacial score (nSPS) is 10.3. The molecule has 0 atom stereocenters. The van der Waals surface area contributed by atoms with Gasteiger partial charge in [-0.3, -0.25) is 4.79 Å². The van der Waals surface area contributed by atoms with E-state index in [1.54, 1.807) is 25.1 Å². The Labute approximate surface area is 115 Å². The van der Waals surface area contributed by atoms with Gasteiger partial charge in [-0.25, -0.2) is 4.39 Å². The lowest BCUT2D eigenvalue weighted by molar-refractivity contribution is 0.102. The van der Waals surface area contributed by atoms with E-state index in [4.69, 9.17) is 17.3 Å². The highest BCUT2D eigenvalue weighted by molar-refractivity contribution is 6.32. The van der Waals surface area contributed by atoms with Crippen LogP contribution in [0.1, 0.15) is 15.9 Å². The molecule has 0 bridgehead atoms. The van der Waals surface area contributed by atoms with Crippen molar-refractivity contribution in [3.05, 3.63) is 58.4 Å². The molecular formula is C14H12ClFN2O. The van der Waals surface area contributed by atoms with E-state index in [1.165, 1.54) is 18.2 Å². The van der Waals surface area contributed by atoms with Crippen LogP contribution in [0.3, 0.4) is 0 Å². The second-order valence-electron chi connectivity index (χ2n) is 4.11. The first-order valence-corrected chi connectivity index (χ1v) is 5.98. The average Bonchev–Trinajstić information content (AvgIpc) is 2.37. The predicted octanol–water partition coefficient (Wildman–Crippen LogP) is 3.62. The van der Waals surface area contributed by atoms with Gasteiger partial charge in [-0.15, -0.1) is 0 Å². The second kappa shape index (κ2) is 5.28. The second-order valence-corrected chi connectivity index (χ2v) is 4.51. The molecule has 0 aliphatic rings. The zero-order valence-electron chi connectivity index (χ0n) is 10.2. The number of anilines is 2. The summed E-state index contributed by atoms with van der Waals surface area (Å²) in [6.45, 7) is 1.73. The Bertz CT molecular complexity index is 643. The standard InChI is InChI=1S/C14H12ClFN2O/c1-8-10(3-2-4-11(8)15)14(19)18-13-7-9(17)5-6-12(13)16/h2-7H,17H2,1H3,(H,18,19). The molecule has 1 amide bonds. The summed E-state index contributed by atoms with van der Waals surface area (Å²) >= 11 is 5.94. The summed E-state index contributed by atoms with van der Waals surface area (Å²) in [5.41, 5.74) is 7.02. The number of carbonyl (C=O) groups excluding carboxylic acids is 1. The lowest BCUT2D eigenvalue weighted by Gasteiger charge is -2.10. The Balaban J connectivity index is 2.31. The van der Waals surface area contributed by atoms with Crippen molar-refractivity contribution in [2.45, 2.75) is 6.92 Å². The highest BCUT2D eigenvalue weighted by Crippen LogP contribution is 2.22. The number of amides is 1. The van der Waals surface area contributed by atoms with Crippen molar-refractivity contribution in [2.75, 3.05) is 11.1 Å². The molecule has 98 valence electrons. The van der Waals surface area contributed by atoms with Gasteiger partial charge in [0, 0.05) is 16.3 Å². The molecule has 2 aromatic carbocycles. The molecule has 0 unspecified atom stereocenters. The Morgan fingerprint density at radius 2 is 2.05 bits per heavy atom. The minimum atomic E-state index is -0.540. The summed E-state index contributed by atoms with van der Waals surface area (Å²) in [5.74, 6) is -0.966. The maximum Gasteiger partial charge on any atom is 0.256 e. The van der Waals surface area contributed by atoms with Crippen LogP contribution in [0.15, 0.2) is 36.4 Å². The Morgan fingerprint density at radius 3 is 2.79 bits per heavy atom. The fourth-order valence-corrected chi connectivity index (χ4v) is 1.86. The number of nitrogens with two attached hydrogens (primary N) is 1. The molecule has 0 saturated heterocycles. The van der Waals surface area contributed by atoms with Crippen LogP contribution < -0.4 is 11.1 Å². The van der Waals surface area contributed by atoms with Crippen molar-refractivity contribution < 1.29 is 9.18 Å². The summed E-state index contributed by atoms with van der Waals surface area (Å²) in [4.78, 5) is 12.1. The molecule has 2 rings (SSSR count). The first-order valence-electron chi connectivity index (χ1n) is 5.60. The van der Waals surface area contributed by atoms with E-state index in [-0.39, 0.29) is 5.69 Å². The number of nitrogen functional groups attached to an aromatic ring is 1. The van der Waals surface area contributed by atoms with Crippen LogP contribution in [-0.4, -0.2) is 5.91 Å². The smallest absolute Gasteiger partial charge is 0.256 e. The first kappa shape index (κ1) is 13.4. The number of halogens is 2. The number of carbonyl (C=O) groups is 1. The van der Waals surface area contributed by atoms with E-state index in [0.29, 0.717) is 21.8 Å². The summed E-state index contributed by atoms with van der Waals surface area (Å²) in [7, 11) is 0. The van der Waals surface area contributed by atoms with Crippen molar-refractivity contribution in [3.8, 4) is 0 Å². The highest BCUT2D eigenvalue weighted by Gasteiger charge is 2.13. The molecule has 0 aromatic heterocycles. The molecule has 5 heteroatoms. The van der Waals surface area contributed by atoms with Gasteiger partial charge in [0.15, 0.2) is 0 Å². The maximum atomic E-state index is 13.5. The van der Waals surface area contributed by atoms with Crippen LogP contribution in [-0.2, 0) is 0 Å². The van der Waals surface area contributed by atoms with Crippen LogP contribution in [0.5, 0.6) is 0 Å². The van der Waals surface area contributed by atoms with Crippen molar-refractivity contribution in [2.24, 2.45) is 0 Å². The van der Waals surface area contributed by atoms with Gasteiger partial charge in [0.05, 0.1) is 5.69 Å². The molecule has 0 aliphatic carbocycles. The van der Waals surface area contributed by atoms with Crippen molar-refractivity contribution in [1.29, 1.82) is 0 Å². The summed E-state index contributed by atoms with van der Waals surface area (Å²) in [6.07, 6.45) is 0. The lowest BCUT2D eigenvalue weighted by Crippen LogP contribution is -2.14. The molecule has 19 heavy (non-hydrogen) atoms. The predicted molar refractivity (Wildman–Crippen MR) is 75.0 cm³/mol. The third kappa shape index (κ3) is 2.85. The number of benzene rings is 2. The molecule has 0 aliphatic heterocycles. The first-order chi connectivity index (χ1) is 8.99. The third-order valence-corrected chi connectivity index (χ3v) is 3.16. The van der Waals surface area contributed by atoms with Gasteiger partial charge in [-0.05, 0) is 42.8 Å². The van der Waals surface area contributed by atoms with Gasteiger partial charge in [-0.2, -0.15) is 0 Å². The number of rotatable bonds is 2. The van der Waals surface area contributed by atoms with Crippen molar-refractivity contribution in [3.63, 3.8) is 0 Å². The molecule has 3 nitrogen and oxygen atoms in total. The Morgan fingerprint density at radius 1 is 1.32 bits per heavy atom. The highest BCUT2D eigenvalue weighted by atomic mass is 35.5. The largest absolute Gasteiger partial charge is 0.399 e. The van der Waals surface area contributed by atoms with Crippen molar-refractivity contribution in [1.82, 2.24) is 0 Å². The zero-order chi connectivity index (χ0) is 14.0. The SMILES string of the molecule is Cc1c(Cl)cccc1C(=O)Nc1cc(N)ccc1F. The minimum Gasteiger partial charge on any atom is -0.399 e. The van der Waals surface area contributed by atoms with E-state index in [2.05, 4.69) is 5.32 Å². The Hall–Kier alpha value is -2.07. The Kier molecular flexibility index (Phi) is 3.71. The van der Waals surface area contributed by atoms with E-state index >= 15 is 0 Å². The van der Waals surface area contributed by atoms with Crippen LogP contribution in [0.2, 0.25) is 5.02 Å². The number of hydrogen-bond acceptors (Lipinski definition) is 2. The third-order valence-electron chi connectivity index (χ3n) is 2.75. The molecule has 0 heterocycles. The van der Waals surface area contributed by atoms with Gasteiger partial charge < -0.3 is 11.1 Å². The molecule has 0 radical (unpaired) electrons. The van der Waals surface area contributed by atoms with E-state index < -0.39 is 11.7 Å². The molecule has 0 fully saturated rings. The van der Waals surface area contributed by atoms with Gasteiger partial charge in [0.1, 0.15) is 5.82 Å². The van der Waals surface area contributed by atoms with E-state index in [9.17, 15) is 9.18 Å². The molecular weight excluding hydrogens is 267 g/mol. The number of nitrogens with one attached hydrogen (secondary N) is 1. The van der Waals surface area contributed by atoms with E-state index in [0.717, 1.165) is 0 Å². The topological polar surface area (TPSA) is 55.1 Å². The molecule has 0 spiro atoms. The number of hydrogen-bond donors (Lipinski definition) is 2. The van der Waals surface area contributed by atoms with E-state index in [1.807, 2.05) is 0 Å². The van der Waals surface area contributed by atoms with Gasteiger partial charge in [0.25, 0.3) is 5.91 Å². The monoisotopic (exact) mass is 278 g/mol. The zero-order valence-corrected chi connectivity index (χ0v) is 11.0. The molecule has 0 saturated carbocycles. The van der Waals surface area contributed by atoms with Gasteiger partial charge in [0.2, 0.25) is 0 Å². The van der Waals surface area contributed by atoms with Crippen LogP contribution >= 0.6 is 11.6 Å². The summed E-state index contributed by atoms with van der Waals surface area (Å²) in [6, 6.07) is 8.98. The van der Waals surface area contributed by atoms with Crippen LogP contribution in [0.25, 0.3) is 0 Å². The maximum absolute atomic E-state index is 13.5. The van der Waals surface area contributed by atoms with Crippen LogP contribution in [0, 0.1) is 12.7 Å². The fourth-order valence-electron chi connectivity index (χ4n) is 1.68.